The monoisotopic (exact) mass is 254 g/mol. The van der Waals surface area contributed by atoms with Crippen LogP contribution in [0.15, 0.2) is 18.2 Å². The molecule has 0 bridgehead atoms. The highest BCUT2D eigenvalue weighted by molar-refractivity contribution is 5.61. The van der Waals surface area contributed by atoms with Crippen LogP contribution in [0.2, 0.25) is 0 Å². The fourth-order valence-electron chi connectivity index (χ4n) is 1.48. The second-order valence-electron chi connectivity index (χ2n) is 3.82. The number of alkyl halides is 3. The van der Waals surface area contributed by atoms with Crippen molar-refractivity contribution in [3.63, 3.8) is 0 Å². The Hall–Kier alpha value is -2.05. The molecule has 0 aliphatic carbocycles. The number of nitrogens with zero attached hydrogens (tertiary/aromatic N) is 4. The van der Waals surface area contributed by atoms with E-state index < -0.39 is 11.7 Å². The third-order valence-electron chi connectivity index (χ3n) is 2.30. The van der Waals surface area contributed by atoms with Crippen molar-refractivity contribution in [2.45, 2.75) is 20.0 Å². The number of hydrogen-bond donors (Lipinski definition) is 0. The van der Waals surface area contributed by atoms with Crippen molar-refractivity contribution in [3.8, 4) is 11.4 Å². The average molecular weight is 254 g/mol. The van der Waals surface area contributed by atoms with Crippen molar-refractivity contribution in [3.05, 3.63) is 35.2 Å². The van der Waals surface area contributed by atoms with Crippen LogP contribution in [0.5, 0.6) is 0 Å². The summed E-state index contributed by atoms with van der Waals surface area (Å²) in [7, 11) is 0. The van der Waals surface area contributed by atoms with Crippen LogP contribution in [0, 0.1) is 13.8 Å². The molecule has 0 atom stereocenters. The Kier molecular flexibility index (Phi) is 2.98. The van der Waals surface area contributed by atoms with E-state index in [-0.39, 0.29) is 11.4 Å². The molecule has 2 rings (SSSR count). The largest absolute Gasteiger partial charge is 0.417 e. The molecule has 0 unspecified atom stereocenters. The van der Waals surface area contributed by atoms with E-state index in [4.69, 9.17) is 0 Å². The molecule has 0 N–H and O–H groups in total. The van der Waals surface area contributed by atoms with Crippen LogP contribution in [-0.2, 0) is 6.18 Å². The molecule has 2 aromatic rings. The summed E-state index contributed by atoms with van der Waals surface area (Å²) in [6.07, 6.45) is -4.46. The summed E-state index contributed by atoms with van der Waals surface area (Å²) >= 11 is 0. The van der Waals surface area contributed by atoms with Gasteiger partial charge in [0.05, 0.1) is 5.56 Å². The van der Waals surface area contributed by atoms with Gasteiger partial charge in [-0.1, -0.05) is 11.6 Å². The van der Waals surface area contributed by atoms with Crippen molar-refractivity contribution < 1.29 is 13.2 Å². The van der Waals surface area contributed by atoms with Gasteiger partial charge in [-0.25, -0.2) is 0 Å². The molecule has 0 spiro atoms. The zero-order chi connectivity index (χ0) is 13.3. The molecule has 1 aromatic carbocycles. The normalized spacial score (nSPS) is 11.6. The number of benzene rings is 1. The first-order chi connectivity index (χ1) is 8.38. The predicted molar refractivity (Wildman–Crippen MR) is 57.5 cm³/mol. The minimum absolute atomic E-state index is 0.109. The Bertz CT molecular complexity index is 563. The molecule has 0 amide bonds. The second kappa shape index (κ2) is 4.32. The highest BCUT2D eigenvalue weighted by atomic mass is 19.4. The molecule has 0 saturated heterocycles. The Morgan fingerprint density at radius 2 is 1.56 bits per heavy atom. The predicted octanol–water partition coefficient (Wildman–Crippen LogP) is 2.57. The van der Waals surface area contributed by atoms with Crippen molar-refractivity contribution in [1.29, 1.82) is 0 Å². The lowest BCUT2D eigenvalue weighted by molar-refractivity contribution is -0.137. The Morgan fingerprint density at radius 1 is 0.944 bits per heavy atom. The van der Waals surface area contributed by atoms with Gasteiger partial charge in [-0.3, -0.25) is 0 Å². The van der Waals surface area contributed by atoms with Crippen LogP contribution in [0.3, 0.4) is 0 Å². The van der Waals surface area contributed by atoms with E-state index in [0.29, 0.717) is 11.4 Å². The summed E-state index contributed by atoms with van der Waals surface area (Å²) in [5, 5.41) is 14.5. The molecule has 0 aliphatic rings. The topological polar surface area (TPSA) is 51.6 Å². The zero-order valence-electron chi connectivity index (χ0n) is 9.65. The highest BCUT2D eigenvalue weighted by Crippen LogP contribution is 2.35. The maximum absolute atomic E-state index is 12.8. The maximum Gasteiger partial charge on any atom is 0.417 e. The van der Waals surface area contributed by atoms with Gasteiger partial charge in [0.15, 0.2) is 5.82 Å². The lowest BCUT2D eigenvalue weighted by atomic mass is 10.0. The summed E-state index contributed by atoms with van der Waals surface area (Å²) in [6.45, 7) is 3.25. The lowest BCUT2D eigenvalue weighted by Gasteiger charge is -2.11. The van der Waals surface area contributed by atoms with Crippen molar-refractivity contribution >= 4 is 0 Å². The standard InChI is InChI=1S/C11H9F3N4/c1-6-3-4-9(11(12,13)14)8(5-6)10-17-15-7(2)16-18-10/h3-5H,1-2H3. The Balaban J connectivity index is 2.62. The first-order valence-corrected chi connectivity index (χ1v) is 5.10. The van der Waals surface area contributed by atoms with E-state index in [1.807, 2.05) is 0 Å². The molecule has 1 aromatic heterocycles. The van der Waals surface area contributed by atoms with Gasteiger partial charge in [-0.2, -0.15) is 13.2 Å². The van der Waals surface area contributed by atoms with E-state index in [0.717, 1.165) is 6.07 Å². The number of aromatic nitrogens is 4. The van der Waals surface area contributed by atoms with Gasteiger partial charge in [0.2, 0.25) is 5.82 Å². The quantitative estimate of drug-likeness (QED) is 0.784. The molecule has 4 nitrogen and oxygen atoms in total. The maximum atomic E-state index is 12.8. The average Bonchev–Trinajstić information content (AvgIpc) is 2.28. The Morgan fingerprint density at radius 3 is 2.11 bits per heavy atom. The van der Waals surface area contributed by atoms with Crippen molar-refractivity contribution in [2.75, 3.05) is 0 Å². The highest BCUT2D eigenvalue weighted by Gasteiger charge is 2.34. The van der Waals surface area contributed by atoms with Crippen molar-refractivity contribution in [1.82, 2.24) is 20.4 Å². The smallest absolute Gasteiger partial charge is 0.166 e. The molecule has 0 fully saturated rings. The third kappa shape index (κ3) is 2.44. The van der Waals surface area contributed by atoms with Crippen LogP contribution in [0.1, 0.15) is 17.0 Å². The van der Waals surface area contributed by atoms with E-state index in [1.54, 1.807) is 13.8 Å². The zero-order valence-corrected chi connectivity index (χ0v) is 9.65. The van der Waals surface area contributed by atoms with Crippen LogP contribution in [-0.4, -0.2) is 20.4 Å². The lowest BCUT2D eigenvalue weighted by Crippen LogP contribution is -2.09. The van der Waals surface area contributed by atoms with Gasteiger partial charge < -0.3 is 0 Å². The first-order valence-electron chi connectivity index (χ1n) is 5.10. The summed E-state index contributed by atoms with van der Waals surface area (Å²) in [6, 6.07) is 3.77. The molecule has 1 heterocycles. The van der Waals surface area contributed by atoms with Gasteiger partial charge >= 0.3 is 6.18 Å². The molecule has 94 valence electrons. The third-order valence-corrected chi connectivity index (χ3v) is 2.30. The van der Waals surface area contributed by atoms with Gasteiger partial charge in [0.25, 0.3) is 0 Å². The number of aryl methyl sites for hydroxylation is 2. The van der Waals surface area contributed by atoms with E-state index in [2.05, 4.69) is 20.4 Å². The summed E-state index contributed by atoms with van der Waals surface area (Å²) < 4.78 is 38.5. The van der Waals surface area contributed by atoms with Crippen molar-refractivity contribution in [2.24, 2.45) is 0 Å². The van der Waals surface area contributed by atoms with Crippen LogP contribution >= 0.6 is 0 Å². The fraction of sp³-hybridized carbons (Fsp3) is 0.273. The molecular weight excluding hydrogens is 245 g/mol. The summed E-state index contributed by atoms with van der Waals surface area (Å²) in [4.78, 5) is 0. The number of halogens is 3. The molecule has 0 radical (unpaired) electrons. The SMILES string of the molecule is Cc1ccc(C(F)(F)F)c(-c2nnc(C)nn2)c1. The molecular formula is C11H9F3N4. The fourth-order valence-corrected chi connectivity index (χ4v) is 1.48. The second-order valence-corrected chi connectivity index (χ2v) is 3.82. The van der Waals surface area contributed by atoms with Crippen LogP contribution in [0.25, 0.3) is 11.4 Å². The summed E-state index contributed by atoms with van der Waals surface area (Å²) in [5.74, 6) is 0.177. The van der Waals surface area contributed by atoms with E-state index >= 15 is 0 Å². The molecule has 7 heteroatoms. The van der Waals surface area contributed by atoms with E-state index in [9.17, 15) is 13.2 Å². The van der Waals surface area contributed by atoms with Gasteiger partial charge in [0, 0.05) is 5.56 Å². The first kappa shape index (κ1) is 12.4. The van der Waals surface area contributed by atoms with Gasteiger partial charge in [0.1, 0.15) is 0 Å². The number of hydrogen-bond acceptors (Lipinski definition) is 4. The van der Waals surface area contributed by atoms with Crippen LogP contribution in [0.4, 0.5) is 13.2 Å². The van der Waals surface area contributed by atoms with Crippen LogP contribution < -0.4 is 0 Å². The minimum atomic E-state index is -4.46. The van der Waals surface area contributed by atoms with E-state index in [1.165, 1.54) is 12.1 Å². The molecule has 0 saturated carbocycles. The molecule has 18 heavy (non-hydrogen) atoms. The van der Waals surface area contributed by atoms with Gasteiger partial charge in [-0.15, -0.1) is 20.4 Å². The Labute approximate surface area is 101 Å². The summed E-state index contributed by atoms with van der Waals surface area (Å²) in [5.41, 5.74) is -0.217. The number of rotatable bonds is 1. The minimum Gasteiger partial charge on any atom is -0.166 e. The van der Waals surface area contributed by atoms with Gasteiger partial charge in [-0.05, 0) is 26.0 Å². The molecule has 0 aliphatic heterocycles.